The molecule has 1 fully saturated rings. The number of benzene rings is 1. The summed E-state index contributed by atoms with van der Waals surface area (Å²) in [4.78, 5) is 5.17. The Balaban J connectivity index is 1.66. The summed E-state index contributed by atoms with van der Waals surface area (Å²) in [5.74, 6) is 0. The minimum absolute atomic E-state index is 0.182. The smallest absolute Gasteiger partial charge is 0.0295 e. The van der Waals surface area contributed by atoms with E-state index in [1.54, 1.807) is 0 Å². The van der Waals surface area contributed by atoms with Crippen molar-refractivity contribution in [2.24, 2.45) is 5.73 Å². The Morgan fingerprint density at radius 3 is 2.24 bits per heavy atom. The first kappa shape index (κ1) is 16.5. The lowest BCUT2D eigenvalue weighted by Gasteiger charge is -2.42. The molecule has 1 aromatic rings. The van der Waals surface area contributed by atoms with Crippen LogP contribution in [0.5, 0.6) is 0 Å². The van der Waals surface area contributed by atoms with Crippen LogP contribution >= 0.6 is 0 Å². The number of hydrogen-bond donors (Lipinski definition) is 1. The summed E-state index contributed by atoms with van der Waals surface area (Å²) in [6, 6.07) is 10.6. The van der Waals surface area contributed by atoms with E-state index in [0.717, 1.165) is 6.42 Å². The van der Waals surface area contributed by atoms with Crippen molar-refractivity contribution in [3.63, 3.8) is 0 Å². The Morgan fingerprint density at radius 2 is 1.67 bits per heavy atom. The van der Waals surface area contributed by atoms with Crippen molar-refractivity contribution in [1.82, 2.24) is 9.80 Å². The van der Waals surface area contributed by atoms with Crippen LogP contribution in [0, 0.1) is 0 Å². The standard InChI is InChI=1S/C18H31N3/c1-18(2,3)21-14-12-20(13-15-21)11-7-10-17(19)16-8-5-4-6-9-16/h4-6,8-9,17H,7,10-15,19H2,1-3H3. The molecular weight excluding hydrogens is 258 g/mol. The van der Waals surface area contributed by atoms with E-state index in [1.165, 1.54) is 44.7 Å². The molecule has 1 atom stereocenters. The molecule has 0 bridgehead atoms. The Morgan fingerprint density at radius 1 is 1.05 bits per heavy atom. The van der Waals surface area contributed by atoms with Gasteiger partial charge in [0.25, 0.3) is 0 Å². The van der Waals surface area contributed by atoms with Gasteiger partial charge in [0.1, 0.15) is 0 Å². The first-order valence-electron chi connectivity index (χ1n) is 8.25. The van der Waals surface area contributed by atoms with Crippen LogP contribution < -0.4 is 5.73 Å². The predicted octanol–water partition coefficient (Wildman–Crippen LogP) is 2.88. The van der Waals surface area contributed by atoms with Crippen LogP contribution in [-0.4, -0.2) is 48.1 Å². The fourth-order valence-corrected chi connectivity index (χ4v) is 3.04. The van der Waals surface area contributed by atoms with Gasteiger partial charge in [0.05, 0.1) is 0 Å². The highest BCUT2D eigenvalue weighted by Gasteiger charge is 2.25. The van der Waals surface area contributed by atoms with Crippen molar-refractivity contribution >= 4 is 0 Å². The van der Waals surface area contributed by atoms with Gasteiger partial charge in [0.2, 0.25) is 0 Å². The van der Waals surface area contributed by atoms with Crippen LogP contribution in [-0.2, 0) is 0 Å². The molecule has 0 amide bonds. The lowest BCUT2D eigenvalue weighted by atomic mass is 10.0. The van der Waals surface area contributed by atoms with E-state index in [0.29, 0.717) is 5.54 Å². The second-order valence-electron chi connectivity index (χ2n) is 7.16. The average molecular weight is 289 g/mol. The Hall–Kier alpha value is -0.900. The molecular formula is C18H31N3. The molecule has 0 aromatic heterocycles. The van der Waals surface area contributed by atoms with Gasteiger partial charge in [-0.05, 0) is 45.7 Å². The first-order chi connectivity index (χ1) is 9.97. The van der Waals surface area contributed by atoms with Crippen molar-refractivity contribution in [1.29, 1.82) is 0 Å². The maximum Gasteiger partial charge on any atom is 0.0295 e. The lowest BCUT2D eigenvalue weighted by Crippen LogP contribution is -2.53. The molecule has 2 N–H and O–H groups in total. The summed E-state index contributed by atoms with van der Waals surface area (Å²) in [5, 5.41) is 0. The van der Waals surface area contributed by atoms with Gasteiger partial charge in [-0.2, -0.15) is 0 Å². The quantitative estimate of drug-likeness (QED) is 0.904. The van der Waals surface area contributed by atoms with Gasteiger partial charge in [-0.25, -0.2) is 0 Å². The summed E-state index contributed by atoms with van der Waals surface area (Å²) in [5.41, 5.74) is 7.83. The van der Waals surface area contributed by atoms with Crippen molar-refractivity contribution in [3.05, 3.63) is 35.9 Å². The molecule has 2 rings (SSSR count). The van der Waals surface area contributed by atoms with E-state index in [-0.39, 0.29) is 6.04 Å². The van der Waals surface area contributed by atoms with Crippen LogP contribution in [0.4, 0.5) is 0 Å². The molecule has 118 valence electrons. The maximum atomic E-state index is 6.26. The maximum absolute atomic E-state index is 6.26. The molecule has 3 heteroatoms. The summed E-state index contributed by atoms with van der Waals surface area (Å²) >= 11 is 0. The van der Waals surface area contributed by atoms with E-state index < -0.39 is 0 Å². The highest BCUT2D eigenvalue weighted by atomic mass is 15.3. The number of nitrogens with two attached hydrogens (primary N) is 1. The molecule has 1 aliphatic rings. The monoisotopic (exact) mass is 289 g/mol. The Labute approximate surface area is 130 Å². The highest BCUT2D eigenvalue weighted by Crippen LogP contribution is 2.18. The number of rotatable bonds is 5. The fourth-order valence-electron chi connectivity index (χ4n) is 3.04. The van der Waals surface area contributed by atoms with Crippen LogP contribution in [0.3, 0.4) is 0 Å². The largest absolute Gasteiger partial charge is 0.324 e. The zero-order chi connectivity index (χ0) is 15.3. The van der Waals surface area contributed by atoms with Gasteiger partial charge in [-0.15, -0.1) is 0 Å². The molecule has 0 spiro atoms. The normalized spacial score (nSPS) is 19.6. The highest BCUT2D eigenvalue weighted by molar-refractivity contribution is 5.18. The van der Waals surface area contributed by atoms with E-state index >= 15 is 0 Å². The van der Waals surface area contributed by atoms with Crippen molar-refractivity contribution in [2.45, 2.75) is 45.2 Å². The summed E-state index contributed by atoms with van der Waals surface area (Å²) in [6.45, 7) is 12.9. The van der Waals surface area contributed by atoms with E-state index in [4.69, 9.17) is 5.73 Å². The zero-order valence-corrected chi connectivity index (χ0v) is 13.9. The van der Waals surface area contributed by atoms with Crippen molar-refractivity contribution < 1.29 is 0 Å². The predicted molar refractivity (Wildman–Crippen MR) is 90.4 cm³/mol. The Kier molecular flexibility index (Phi) is 5.80. The number of piperazine rings is 1. The van der Waals surface area contributed by atoms with Gasteiger partial charge in [-0.3, -0.25) is 4.90 Å². The molecule has 3 nitrogen and oxygen atoms in total. The molecule has 1 unspecified atom stereocenters. The third-order valence-electron chi connectivity index (χ3n) is 4.54. The molecule has 0 radical (unpaired) electrons. The average Bonchev–Trinajstić information content (AvgIpc) is 2.47. The van der Waals surface area contributed by atoms with Gasteiger partial charge in [0.15, 0.2) is 0 Å². The summed E-state index contributed by atoms with van der Waals surface area (Å²) in [7, 11) is 0. The van der Waals surface area contributed by atoms with Crippen LogP contribution in [0.15, 0.2) is 30.3 Å². The fraction of sp³-hybridized carbons (Fsp3) is 0.667. The van der Waals surface area contributed by atoms with E-state index in [9.17, 15) is 0 Å². The summed E-state index contributed by atoms with van der Waals surface area (Å²) < 4.78 is 0. The van der Waals surface area contributed by atoms with Gasteiger partial charge < -0.3 is 10.6 Å². The molecule has 1 heterocycles. The zero-order valence-electron chi connectivity index (χ0n) is 13.9. The topological polar surface area (TPSA) is 32.5 Å². The van der Waals surface area contributed by atoms with Gasteiger partial charge >= 0.3 is 0 Å². The third-order valence-corrected chi connectivity index (χ3v) is 4.54. The number of nitrogens with zero attached hydrogens (tertiary/aromatic N) is 2. The molecule has 0 saturated carbocycles. The van der Waals surface area contributed by atoms with E-state index in [2.05, 4.69) is 54.8 Å². The van der Waals surface area contributed by atoms with E-state index in [1.807, 2.05) is 6.07 Å². The minimum Gasteiger partial charge on any atom is -0.324 e. The Bertz CT molecular complexity index is 402. The molecule has 1 aromatic carbocycles. The SMILES string of the molecule is CC(C)(C)N1CCN(CCCC(N)c2ccccc2)CC1. The lowest BCUT2D eigenvalue weighted by molar-refractivity contribution is 0.0615. The first-order valence-corrected chi connectivity index (χ1v) is 8.25. The molecule has 1 aliphatic heterocycles. The minimum atomic E-state index is 0.182. The van der Waals surface area contributed by atoms with Gasteiger partial charge in [-0.1, -0.05) is 30.3 Å². The van der Waals surface area contributed by atoms with Crippen LogP contribution in [0.2, 0.25) is 0 Å². The molecule has 0 aliphatic carbocycles. The third kappa shape index (κ3) is 5.10. The van der Waals surface area contributed by atoms with Crippen molar-refractivity contribution in [2.75, 3.05) is 32.7 Å². The molecule has 21 heavy (non-hydrogen) atoms. The van der Waals surface area contributed by atoms with Crippen LogP contribution in [0.25, 0.3) is 0 Å². The van der Waals surface area contributed by atoms with Crippen molar-refractivity contribution in [3.8, 4) is 0 Å². The van der Waals surface area contributed by atoms with Crippen LogP contribution in [0.1, 0.15) is 45.2 Å². The van der Waals surface area contributed by atoms with Gasteiger partial charge in [0, 0.05) is 37.8 Å². The summed E-state index contributed by atoms with van der Waals surface area (Å²) in [6.07, 6.45) is 2.26. The second-order valence-corrected chi connectivity index (χ2v) is 7.16. The number of hydrogen-bond acceptors (Lipinski definition) is 3. The molecule has 1 saturated heterocycles. The second kappa shape index (κ2) is 7.39.